The van der Waals surface area contributed by atoms with Crippen LogP contribution in [0.15, 0.2) is 23.4 Å². The molecule has 0 bridgehead atoms. The summed E-state index contributed by atoms with van der Waals surface area (Å²) in [7, 11) is 0. The van der Waals surface area contributed by atoms with Gasteiger partial charge < -0.3 is 15.8 Å². The molecule has 1 aromatic rings. The average molecular weight is 267 g/mol. The lowest BCUT2D eigenvalue weighted by Crippen LogP contribution is -2.34. The van der Waals surface area contributed by atoms with Crippen LogP contribution in [0.3, 0.4) is 0 Å². The highest BCUT2D eigenvalue weighted by atomic mass is 19.1. The number of aryl methyl sites for hydroxylation is 1. The van der Waals surface area contributed by atoms with E-state index in [0.29, 0.717) is 24.2 Å². The van der Waals surface area contributed by atoms with Gasteiger partial charge >= 0.3 is 0 Å². The molecule has 0 aliphatic heterocycles. The Kier molecular flexibility index (Phi) is 5.29. The van der Waals surface area contributed by atoms with Crippen molar-refractivity contribution in [2.45, 2.75) is 20.3 Å². The molecule has 3 N–H and O–H groups in total. The van der Waals surface area contributed by atoms with Crippen LogP contribution >= 0.6 is 0 Å². The summed E-state index contributed by atoms with van der Waals surface area (Å²) in [6.45, 7) is 4.33. The Morgan fingerprint density at radius 3 is 2.68 bits per heavy atom. The van der Waals surface area contributed by atoms with Crippen molar-refractivity contribution < 1.29 is 14.4 Å². The maximum absolute atomic E-state index is 13.3. The Bertz CT molecular complexity index is 469. The number of benzene rings is 1. The first-order valence-electron chi connectivity index (χ1n) is 6.00. The van der Waals surface area contributed by atoms with Crippen molar-refractivity contribution in [2.24, 2.45) is 10.9 Å². The van der Waals surface area contributed by atoms with Gasteiger partial charge in [0.15, 0.2) is 0 Å². The van der Waals surface area contributed by atoms with Crippen molar-refractivity contribution in [1.29, 1.82) is 0 Å². The lowest BCUT2D eigenvalue weighted by molar-refractivity contribution is 0.0767. The number of halogens is 1. The smallest absolute Gasteiger partial charge is 0.253 e. The minimum atomic E-state index is -0.434. The molecule has 0 unspecified atom stereocenters. The zero-order valence-electron chi connectivity index (χ0n) is 11.1. The number of rotatable bonds is 5. The van der Waals surface area contributed by atoms with Crippen LogP contribution in [-0.2, 0) is 0 Å². The molecule has 19 heavy (non-hydrogen) atoms. The van der Waals surface area contributed by atoms with E-state index in [1.807, 2.05) is 6.92 Å². The first-order valence-corrected chi connectivity index (χ1v) is 6.00. The van der Waals surface area contributed by atoms with Gasteiger partial charge in [0.05, 0.1) is 0 Å². The van der Waals surface area contributed by atoms with Gasteiger partial charge in [-0.15, -0.1) is 0 Å². The fraction of sp³-hybridized carbons (Fsp3) is 0.385. The minimum Gasteiger partial charge on any atom is -0.409 e. The van der Waals surface area contributed by atoms with Gasteiger partial charge in [0.25, 0.3) is 5.91 Å². The molecule has 0 saturated carbocycles. The van der Waals surface area contributed by atoms with Gasteiger partial charge in [-0.25, -0.2) is 4.39 Å². The molecule has 1 aromatic carbocycles. The topological polar surface area (TPSA) is 78.9 Å². The first kappa shape index (κ1) is 14.9. The lowest BCUT2D eigenvalue weighted by Gasteiger charge is -2.20. The van der Waals surface area contributed by atoms with E-state index in [1.54, 1.807) is 13.0 Å². The van der Waals surface area contributed by atoms with Crippen molar-refractivity contribution in [2.75, 3.05) is 13.1 Å². The normalized spacial score (nSPS) is 11.4. The summed E-state index contributed by atoms with van der Waals surface area (Å²) < 4.78 is 13.3. The standard InChI is InChI=1S/C13H18FN3O2/c1-3-17(5-4-12(15)16-19)13(18)10-6-9(2)7-11(14)8-10/h6-8,19H,3-5H2,1-2H3,(H2,15,16). The fourth-order valence-electron chi connectivity index (χ4n) is 1.75. The van der Waals surface area contributed by atoms with Gasteiger partial charge in [-0.05, 0) is 37.6 Å². The highest BCUT2D eigenvalue weighted by Crippen LogP contribution is 2.11. The maximum Gasteiger partial charge on any atom is 0.253 e. The third-order valence-corrected chi connectivity index (χ3v) is 2.72. The summed E-state index contributed by atoms with van der Waals surface area (Å²) in [6, 6.07) is 4.21. The number of nitrogens with two attached hydrogens (primary N) is 1. The van der Waals surface area contributed by atoms with E-state index in [1.165, 1.54) is 17.0 Å². The molecule has 0 saturated heterocycles. The van der Waals surface area contributed by atoms with Crippen LogP contribution in [0, 0.1) is 12.7 Å². The van der Waals surface area contributed by atoms with Crippen molar-refractivity contribution in [3.63, 3.8) is 0 Å². The molecule has 0 radical (unpaired) electrons. The number of carbonyl (C=O) groups excluding carboxylic acids is 1. The average Bonchev–Trinajstić information content (AvgIpc) is 2.37. The predicted octanol–water partition coefficient (Wildman–Crippen LogP) is 1.73. The fourth-order valence-corrected chi connectivity index (χ4v) is 1.75. The zero-order valence-corrected chi connectivity index (χ0v) is 11.1. The Morgan fingerprint density at radius 1 is 1.47 bits per heavy atom. The van der Waals surface area contributed by atoms with E-state index >= 15 is 0 Å². The number of hydrogen-bond donors (Lipinski definition) is 2. The molecule has 0 fully saturated rings. The SMILES string of the molecule is CCN(CC/C(N)=N/O)C(=O)c1cc(C)cc(F)c1. The Balaban J connectivity index is 2.83. The third-order valence-electron chi connectivity index (χ3n) is 2.72. The molecule has 5 nitrogen and oxygen atoms in total. The van der Waals surface area contributed by atoms with Crippen molar-refractivity contribution in [3.05, 3.63) is 35.1 Å². The number of carbonyl (C=O) groups is 1. The van der Waals surface area contributed by atoms with Crippen LogP contribution in [0.4, 0.5) is 4.39 Å². The van der Waals surface area contributed by atoms with Crippen LogP contribution < -0.4 is 5.73 Å². The number of amides is 1. The molecular weight excluding hydrogens is 249 g/mol. The lowest BCUT2D eigenvalue weighted by atomic mass is 10.1. The van der Waals surface area contributed by atoms with Crippen LogP contribution in [0.2, 0.25) is 0 Å². The molecule has 104 valence electrons. The summed E-state index contributed by atoms with van der Waals surface area (Å²) in [5.74, 6) is -0.645. The van der Waals surface area contributed by atoms with E-state index in [-0.39, 0.29) is 18.2 Å². The molecule has 1 amide bonds. The van der Waals surface area contributed by atoms with Gasteiger partial charge in [0.1, 0.15) is 11.7 Å². The van der Waals surface area contributed by atoms with Gasteiger partial charge in [0, 0.05) is 25.1 Å². The van der Waals surface area contributed by atoms with Crippen LogP contribution in [0.1, 0.15) is 29.3 Å². The molecule has 6 heteroatoms. The first-order chi connectivity index (χ1) is 8.97. The second-order valence-electron chi connectivity index (χ2n) is 4.24. The molecule has 0 heterocycles. The molecule has 0 aromatic heterocycles. The van der Waals surface area contributed by atoms with E-state index in [2.05, 4.69) is 5.16 Å². The van der Waals surface area contributed by atoms with Gasteiger partial charge in [0.2, 0.25) is 0 Å². The number of hydrogen-bond acceptors (Lipinski definition) is 3. The summed E-state index contributed by atoms with van der Waals surface area (Å²) in [4.78, 5) is 13.7. The quantitative estimate of drug-likeness (QED) is 0.369. The van der Waals surface area contributed by atoms with Crippen molar-refractivity contribution >= 4 is 11.7 Å². The van der Waals surface area contributed by atoms with Gasteiger partial charge in [-0.3, -0.25) is 4.79 Å². The second-order valence-corrected chi connectivity index (χ2v) is 4.24. The second kappa shape index (κ2) is 6.72. The summed E-state index contributed by atoms with van der Waals surface area (Å²) in [5.41, 5.74) is 6.36. The number of oxime groups is 1. The number of amidine groups is 1. The Morgan fingerprint density at radius 2 is 2.16 bits per heavy atom. The van der Waals surface area contributed by atoms with Crippen LogP contribution in [0.5, 0.6) is 0 Å². The monoisotopic (exact) mass is 267 g/mol. The molecule has 0 aliphatic carbocycles. The van der Waals surface area contributed by atoms with Crippen LogP contribution in [0.25, 0.3) is 0 Å². The highest BCUT2D eigenvalue weighted by molar-refractivity contribution is 5.94. The van der Waals surface area contributed by atoms with Crippen LogP contribution in [-0.4, -0.2) is 34.9 Å². The van der Waals surface area contributed by atoms with E-state index in [9.17, 15) is 9.18 Å². The van der Waals surface area contributed by atoms with Crippen molar-refractivity contribution in [1.82, 2.24) is 4.90 Å². The maximum atomic E-state index is 13.3. The molecular formula is C13H18FN3O2. The van der Waals surface area contributed by atoms with E-state index < -0.39 is 5.82 Å². The summed E-state index contributed by atoms with van der Waals surface area (Å²) >= 11 is 0. The molecule has 1 rings (SSSR count). The van der Waals surface area contributed by atoms with Gasteiger partial charge in [-0.1, -0.05) is 5.16 Å². The molecule has 0 spiro atoms. The van der Waals surface area contributed by atoms with Crippen molar-refractivity contribution in [3.8, 4) is 0 Å². The minimum absolute atomic E-state index is 0.0571. The highest BCUT2D eigenvalue weighted by Gasteiger charge is 2.15. The van der Waals surface area contributed by atoms with E-state index in [0.717, 1.165) is 0 Å². The predicted molar refractivity (Wildman–Crippen MR) is 70.7 cm³/mol. The number of nitrogens with zero attached hydrogens (tertiary/aromatic N) is 2. The summed E-state index contributed by atoms with van der Waals surface area (Å²) in [6.07, 6.45) is 0.268. The summed E-state index contributed by atoms with van der Waals surface area (Å²) in [5, 5.41) is 11.3. The zero-order chi connectivity index (χ0) is 14.4. The molecule has 0 aliphatic rings. The molecule has 0 atom stereocenters. The van der Waals surface area contributed by atoms with Gasteiger partial charge in [-0.2, -0.15) is 0 Å². The van der Waals surface area contributed by atoms with E-state index in [4.69, 9.17) is 10.9 Å². The largest absolute Gasteiger partial charge is 0.409 e. The third kappa shape index (κ3) is 4.24. The Hall–Kier alpha value is -2.11. The Labute approximate surface area is 111 Å².